The molecule has 0 radical (unpaired) electrons. The first kappa shape index (κ1) is 11.5. The fourth-order valence-electron chi connectivity index (χ4n) is 2.01. The number of aromatic nitrogens is 2. The van der Waals surface area contributed by atoms with Gasteiger partial charge in [-0.05, 0) is 24.0 Å². The van der Waals surface area contributed by atoms with E-state index < -0.39 is 0 Å². The Bertz CT molecular complexity index is 421. The van der Waals surface area contributed by atoms with Gasteiger partial charge >= 0.3 is 0 Å². The Morgan fingerprint density at radius 1 is 1.56 bits per heavy atom. The highest BCUT2D eigenvalue weighted by molar-refractivity contribution is 7.80. The van der Waals surface area contributed by atoms with Crippen LogP contribution in [0.3, 0.4) is 0 Å². The molecule has 16 heavy (non-hydrogen) atoms. The molecule has 1 aromatic rings. The Labute approximate surface area is 100 Å². The van der Waals surface area contributed by atoms with Crippen LogP contribution in [0.4, 0.5) is 0 Å². The van der Waals surface area contributed by atoms with Gasteiger partial charge in [-0.25, -0.2) is 4.68 Å². The third-order valence-corrected chi connectivity index (χ3v) is 3.96. The predicted octanol–water partition coefficient (Wildman–Crippen LogP) is 1.35. The monoisotopic (exact) mass is 240 g/mol. The first-order chi connectivity index (χ1) is 7.69. The third-order valence-electron chi connectivity index (χ3n) is 3.29. The Hall–Kier alpha value is -0.970. The summed E-state index contributed by atoms with van der Waals surface area (Å²) < 4.78 is 6.51. The van der Waals surface area contributed by atoms with E-state index in [2.05, 4.69) is 17.7 Å². The molecule has 0 bridgehead atoms. The second-order valence-corrected chi connectivity index (χ2v) is 4.70. The van der Waals surface area contributed by atoms with Crippen LogP contribution in [0.1, 0.15) is 19.3 Å². The molecule has 1 fully saturated rings. The standard InChI is InChI=1S/C11H16N2O2S/c1-15-9-3-4-10(14)13(12-9)7-11(8-16)5-2-6-11/h3-4,16H,2,5-8H2,1H3. The zero-order valence-electron chi connectivity index (χ0n) is 9.35. The van der Waals surface area contributed by atoms with Gasteiger partial charge in [-0.2, -0.15) is 12.6 Å². The highest BCUT2D eigenvalue weighted by Crippen LogP contribution is 2.42. The molecule has 1 heterocycles. The van der Waals surface area contributed by atoms with Crippen molar-refractivity contribution < 1.29 is 4.74 Å². The molecule has 0 amide bonds. The molecule has 1 aliphatic rings. The van der Waals surface area contributed by atoms with Crippen LogP contribution < -0.4 is 10.3 Å². The van der Waals surface area contributed by atoms with Gasteiger partial charge in [0.2, 0.25) is 5.88 Å². The van der Waals surface area contributed by atoms with Crippen molar-refractivity contribution in [2.24, 2.45) is 5.41 Å². The van der Waals surface area contributed by atoms with E-state index in [-0.39, 0.29) is 11.0 Å². The van der Waals surface area contributed by atoms with E-state index in [0.717, 1.165) is 18.6 Å². The van der Waals surface area contributed by atoms with Crippen LogP contribution >= 0.6 is 12.6 Å². The van der Waals surface area contributed by atoms with Gasteiger partial charge in [-0.3, -0.25) is 4.79 Å². The lowest BCUT2D eigenvalue weighted by Gasteiger charge is -2.40. The molecule has 0 unspecified atom stereocenters. The molecule has 0 atom stereocenters. The number of hydrogen-bond acceptors (Lipinski definition) is 4. The number of thiol groups is 1. The lowest BCUT2D eigenvalue weighted by molar-refractivity contribution is 0.128. The summed E-state index contributed by atoms with van der Waals surface area (Å²) in [4.78, 5) is 11.6. The Balaban J connectivity index is 2.23. The Kier molecular flexibility index (Phi) is 3.23. The van der Waals surface area contributed by atoms with E-state index in [1.165, 1.54) is 17.2 Å². The molecule has 4 nitrogen and oxygen atoms in total. The largest absolute Gasteiger partial charge is 0.480 e. The summed E-state index contributed by atoms with van der Waals surface area (Å²) in [6.07, 6.45) is 3.48. The lowest BCUT2D eigenvalue weighted by atomic mass is 9.70. The van der Waals surface area contributed by atoms with Crippen LogP contribution in [0.25, 0.3) is 0 Å². The predicted molar refractivity (Wildman–Crippen MR) is 65.2 cm³/mol. The summed E-state index contributed by atoms with van der Waals surface area (Å²) in [6.45, 7) is 0.645. The fourth-order valence-corrected chi connectivity index (χ4v) is 2.43. The molecular weight excluding hydrogens is 224 g/mol. The van der Waals surface area contributed by atoms with E-state index in [0.29, 0.717) is 12.4 Å². The van der Waals surface area contributed by atoms with Gasteiger partial charge in [0.15, 0.2) is 0 Å². The van der Waals surface area contributed by atoms with Gasteiger partial charge in [0.05, 0.1) is 13.7 Å². The maximum absolute atomic E-state index is 11.6. The molecule has 0 aromatic carbocycles. The summed E-state index contributed by atoms with van der Waals surface area (Å²) >= 11 is 4.37. The number of rotatable bonds is 4. The quantitative estimate of drug-likeness (QED) is 0.808. The first-order valence-electron chi connectivity index (χ1n) is 5.42. The first-order valence-corrected chi connectivity index (χ1v) is 6.05. The second kappa shape index (κ2) is 4.49. The highest BCUT2D eigenvalue weighted by Gasteiger charge is 2.36. The molecule has 5 heteroatoms. The minimum atomic E-state index is -0.0751. The van der Waals surface area contributed by atoms with Crippen molar-refractivity contribution in [3.8, 4) is 5.88 Å². The smallest absolute Gasteiger partial charge is 0.266 e. The van der Waals surface area contributed by atoms with Gasteiger partial charge in [0.25, 0.3) is 5.56 Å². The van der Waals surface area contributed by atoms with Crippen LogP contribution in [0.15, 0.2) is 16.9 Å². The van der Waals surface area contributed by atoms with Crippen LogP contribution in [0, 0.1) is 5.41 Å². The Morgan fingerprint density at radius 2 is 2.31 bits per heavy atom. The highest BCUT2D eigenvalue weighted by atomic mass is 32.1. The van der Waals surface area contributed by atoms with Crippen LogP contribution in [-0.4, -0.2) is 22.6 Å². The fraction of sp³-hybridized carbons (Fsp3) is 0.636. The van der Waals surface area contributed by atoms with E-state index in [1.807, 2.05) is 0 Å². The van der Waals surface area contributed by atoms with Crippen molar-refractivity contribution in [3.05, 3.63) is 22.5 Å². The van der Waals surface area contributed by atoms with Crippen LogP contribution in [0.2, 0.25) is 0 Å². The summed E-state index contributed by atoms with van der Waals surface area (Å²) in [5.41, 5.74) is 0.0839. The number of hydrogen-bond donors (Lipinski definition) is 1. The van der Waals surface area contributed by atoms with Gasteiger partial charge < -0.3 is 4.74 Å². The minimum Gasteiger partial charge on any atom is -0.480 e. The second-order valence-electron chi connectivity index (χ2n) is 4.38. The van der Waals surface area contributed by atoms with E-state index >= 15 is 0 Å². The maximum atomic E-state index is 11.6. The molecule has 2 rings (SSSR count). The van der Waals surface area contributed by atoms with Gasteiger partial charge in [0.1, 0.15) is 0 Å². The normalized spacial score (nSPS) is 17.9. The summed E-state index contributed by atoms with van der Waals surface area (Å²) in [5.74, 6) is 1.28. The van der Waals surface area contributed by atoms with Crippen LogP contribution in [-0.2, 0) is 6.54 Å². The zero-order valence-corrected chi connectivity index (χ0v) is 10.2. The molecule has 1 aromatic heterocycles. The van der Waals surface area contributed by atoms with Crippen molar-refractivity contribution in [1.82, 2.24) is 9.78 Å². The summed E-state index contributed by atoms with van der Waals surface area (Å²) in [5, 5.41) is 4.15. The van der Waals surface area contributed by atoms with Gasteiger partial charge in [0, 0.05) is 12.1 Å². The molecule has 0 saturated heterocycles. The number of methoxy groups -OCH3 is 1. The average Bonchev–Trinajstić information content (AvgIpc) is 2.26. The topological polar surface area (TPSA) is 44.1 Å². The Morgan fingerprint density at radius 3 is 2.81 bits per heavy atom. The van der Waals surface area contributed by atoms with Crippen molar-refractivity contribution in [1.29, 1.82) is 0 Å². The SMILES string of the molecule is COc1ccc(=O)n(CC2(CS)CCC2)n1. The van der Waals surface area contributed by atoms with Crippen LogP contribution in [0.5, 0.6) is 5.88 Å². The average molecular weight is 240 g/mol. The molecule has 0 spiro atoms. The summed E-state index contributed by atoms with van der Waals surface area (Å²) in [7, 11) is 1.55. The minimum absolute atomic E-state index is 0.0751. The van der Waals surface area contributed by atoms with Crippen molar-refractivity contribution in [2.45, 2.75) is 25.8 Å². The van der Waals surface area contributed by atoms with Crippen molar-refractivity contribution >= 4 is 12.6 Å². The molecule has 0 aliphatic heterocycles. The molecule has 88 valence electrons. The third kappa shape index (κ3) is 2.09. The maximum Gasteiger partial charge on any atom is 0.266 e. The molecule has 1 aliphatic carbocycles. The zero-order chi connectivity index (χ0) is 11.6. The van der Waals surface area contributed by atoms with Crippen molar-refractivity contribution in [2.75, 3.05) is 12.9 Å². The lowest BCUT2D eigenvalue weighted by Crippen LogP contribution is -2.39. The number of ether oxygens (including phenoxy) is 1. The molecular formula is C11H16N2O2S. The van der Waals surface area contributed by atoms with E-state index in [4.69, 9.17) is 4.74 Å². The summed E-state index contributed by atoms with van der Waals surface area (Å²) in [6, 6.07) is 3.09. The van der Waals surface area contributed by atoms with E-state index in [1.54, 1.807) is 13.2 Å². The van der Waals surface area contributed by atoms with E-state index in [9.17, 15) is 4.79 Å². The van der Waals surface area contributed by atoms with Gasteiger partial charge in [-0.15, -0.1) is 5.10 Å². The molecule has 0 N–H and O–H groups in total. The van der Waals surface area contributed by atoms with Gasteiger partial charge in [-0.1, -0.05) is 6.42 Å². The molecule has 1 saturated carbocycles. The number of nitrogens with zero attached hydrogens (tertiary/aromatic N) is 2. The van der Waals surface area contributed by atoms with Crippen molar-refractivity contribution in [3.63, 3.8) is 0 Å².